The maximum atomic E-state index is 13.9. The number of nitrogens with zero attached hydrogens (tertiary/aromatic N) is 1. The summed E-state index contributed by atoms with van der Waals surface area (Å²) in [4.78, 5) is 23.9. The number of aromatic nitrogens is 1. The van der Waals surface area contributed by atoms with E-state index in [1.54, 1.807) is 6.07 Å². The number of halogens is 1. The highest BCUT2D eigenvalue weighted by Crippen LogP contribution is 2.40. The zero-order chi connectivity index (χ0) is 21.6. The quantitative estimate of drug-likeness (QED) is 0.397. The number of aldehydes is 1. The van der Waals surface area contributed by atoms with E-state index < -0.39 is 20.1 Å². The van der Waals surface area contributed by atoms with Gasteiger partial charge in [0.05, 0.1) is 24.5 Å². The van der Waals surface area contributed by atoms with Crippen molar-refractivity contribution in [2.24, 2.45) is 0 Å². The van der Waals surface area contributed by atoms with Crippen molar-refractivity contribution in [1.82, 2.24) is 4.57 Å². The minimum Gasteiger partial charge on any atom is -0.465 e. The van der Waals surface area contributed by atoms with E-state index in [0.29, 0.717) is 41.6 Å². The van der Waals surface area contributed by atoms with Crippen molar-refractivity contribution in [2.75, 3.05) is 7.11 Å². The van der Waals surface area contributed by atoms with Crippen LogP contribution in [-0.2, 0) is 22.1 Å². The summed E-state index contributed by atoms with van der Waals surface area (Å²) < 4.78 is 27.4. The largest absolute Gasteiger partial charge is 0.465 e. The fraction of sp³-hybridized carbons (Fsp3) is 0.455. The van der Waals surface area contributed by atoms with Crippen LogP contribution in [0.5, 0.6) is 0 Å². The highest BCUT2D eigenvalue weighted by molar-refractivity contribution is 6.74. The number of benzene rings is 1. The molecule has 5 nitrogen and oxygen atoms in total. The molecule has 2 heterocycles. The van der Waals surface area contributed by atoms with Gasteiger partial charge in [-0.15, -0.1) is 0 Å². The summed E-state index contributed by atoms with van der Waals surface area (Å²) in [5.41, 5.74) is 2.70. The lowest BCUT2D eigenvalue weighted by Crippen LogP contribution is -2.44. The van der Waals surface area contributed by atoms with Crippen LogP contribution >= 0.6 is 0 Å². The molecule has 1 aromatic heterocycles. The van der Waals surface area contributed by atoms with Crippen LogP contribution in [0.3, 0.4) is 0 Å². The highest BCUT2D eigenvalue weighted by atomic mass is 28.4. The van der Waals surface area contributed by atoms with Gasteiger partial charge in [-0.3, -0.25) is 4.79 Å². The van der Waals surface area contributed by atoms with Crippen molar-refractivity contribution >= 4 is 20.6 Å². The Morgan fingerprint density at radius 3 is 2.55 bits per heavy atom. The third kappa shape index (κ3) is 3.93. The highest BCUT2D eigenvalue weighted by Gasteiger charge is 2.41. The SMILES string of the molecule is COC(=O)c1cc(-c2cc(F)ccc2C=O)n2c1C[C@@H](O[Si](C)(C)C(C)(C)C)C2. The zero-order valence-corrected chi connectivity index (χ0v) is 18.8. The van der Waals surface area contributed by atoms with Crippen molar-refractivity contribution in [3.63, 3.8) is 0 Å². The van der Waals surface area contributed by atoms with Crippen LogP contribution in [0.15, 0.2) is 24.3 Å². The first kappa shape index (κ1) is 21.5. The van der Waals surface area contributed by atoms with Gasteiger partial charge in [-0.2, -0.15) is 0 Å². The molecule has 0 radical (unpaired) electrons. The standard InChI is InChI=1S/C22H28FNO4Si/c1-22(2,3)29(5,6)28-16-10-19-18(21(26)27-4)11-20(24(19)12-16)17-9-15(23)8-7-14(17)13-25/h7-9,11,13,16H,10,12H2,1-6H3/t16-/m1/s1. The molecule has 0 amide bonds. The molecule has 156 valence electrons. The maximum Gasteiger partial charge on any atom is 0.339 e. The third-order valence-electron chi connectivity index (χ3n) is 6.11. The molecule has 0 fully saturated rings. The van der Waals surface area contributed by atoms with Gasteiger partial charge >= 0.3 is 5.97 Å². The summed E-state index contributed by atoms with van der Waals surface area (Å²) >= 11 is 0. The first-order valence-electron chi connectivity index (χ1n) is 9.72. The van der Waals surface area contributed by atoms with Gasteiger partial charge in [-0.05, 0) is 42.4 Å². The Bertz CT molecular complexity index is 958. The number of methoxy groups -OCH3 is 1. The molecule has 0 spiro atoms. The Labute approximate surface area is 172 Å². The molecule has 3 rings (SSSR count). The molecule has 2 aromatic rings. The Kier molecular flexibility index (Phi) is 5.57. The van der Waals surface area contributed by atoms with E-state index in [9.17, 15) is 14.0 Å². The molecule has 1 aliphatic heterocycles. The second-order valence-corrected chi connectivity index (χ2v) is 13.8. The number of hydrogen-bond acceptors (Lipinski definition) is 4. The molecule has 1 aromatic carbocycles. The average Bonchev–Trinajstić information content (AvgIpc) is 3.18. The molecule has 0 bridgehead atoms. The van der Waals surface area contributed by atoms with Crippen LogP contribution in [0.25, 0.3) is 11.3 Å². The molecule has 1 atom stereocenters. The monoisotopic (exact) mass is 417 g/mol. The van der Waals surface area contributed by atoms with Gasteiger partial charge in [0.15, 0.2) is 14.6 Å². The van der Waals surface area contributed by atoms with E-state index >= 15 is 0 Å². The predicted molar refractivity (Wildman–Crippen MR) is 112 cm³/mol. The normalized spacial score (nSPS) is 16.6. The van der Waals surface area contributed by atoms with Gasteiger partial charge in [-0.25, -0.2) is 9.18 Å². The summed E-state index contributed by atoms with van der Waals surface area (Å²) in [6.45, 7) is 11.5. The van der Waals surface area contributed by atoms with Crippen molar-refractivity contribution < 1.29 is 23.1 Å². The minimum atomic E-state index is -2.00. The summed E-state index contributed by atoms with van der Waals surface area (Å²) in [6.07, 6.45) is 1.19. The van der Waals surface area contributed by atoms with Gasteiger partial charge in [0.2, 0.25) is 0 Å². The summed E-state index contributed by atoms with van der Waals surface area (Å²) in [6, 6.07) is 5.72. The lowest BCUT2D eigenvalue weighted by atomic mass is 10.0. The smallest absolute Gasteiger partial charge is 0.339 e. The number of carbonyl (C=O) groups excluding carboxylic acids is 2. The van der Waals surface area contributed by atoms with Crippen molar-refractivity contribution in [3.05, 3.63) is 46.9 Å². The third-order valence-corrected chi connectivity index (χ3v) is 10.6. The van der Waals surface area contributed by atoms with Gasteiger partial charge in [0.25, 0.3) is 0 Å². The van der Waals surface area contributed by atoms with Crippen molar-refractivity contribution in [1.29, 1.82) is 0 Å². The fourth-order valence-electron chi connectivity index (χ4n) is 3.54. The Morgan fingerprint density at radius 2 is 1.97 bits per heavy atom. The van der Waals surface area contributed by atoms with E-state index in [4.69, 9.17) is 9.16 Å². The topological polar surface area (TPSA) is 57.5 Å². The van der Waals surface area contributed by atoms with Crippen LogP contribution in [-0.4, -0.2) is 38.4 Å². The predicted octanol–water partition coefficient (Wildman–Crippen LogP) is 4.84. The number of carbonyl (C=O) groups is 2. The van der Waals surface area contributed by atoms with E-state index in [0.717, 1.165) is 5.69 Å². The van der Waals surface area contributed by atoms with Gasteiger partial charge in [0, 0.05) is 29.8 Å². The van der Waals surface area contributed by atoms with E-state index in [-0.39, 0.29) is 11.1 Å². The van der Waals surface area contributed by atoms with Crippen LogP contribution in [0, 0.1) is 5.82 Å². The number of ether oxygens (including phenoxy) is 1. The Balaban J connectivity index is 2.06. The van der Waals surface area contributed by atoms with Crippen LogP contribution < -0.4 is 0 Å². The van der Waals surface area contributed by atoms with Crippen LogP contribution in [0.1, 0.15) is 47.2 Å². The second kappa shape index (κ2) is 7.53. The zero-order valence-electron chi connectivity index (χ0n) is 17.8. The first-order chi connectivity index (χ1) is 13.5. The molecule has 29 heavy (non-hydrogen) atoms. The summed E-state index contributed by atoms with van der Waals surface area (Å²) in [7, 11) is -0.667. The minimum absolute atomic E-state index is 0.0610. The van der Waals surface area contributed by atoms with Crippen molar-refractivity contribution in [3.8, 4) is 11.3 Å². The molecule has 0 saturated heterocycles. The molecule has 0 aliphatic carbocycles. The Hall–Kier alpha value is -2.25. The number of rotatable bonds is 5. The van der Waals surface area contributed by atoms with E-state index in [1.165, 1.54) is 25.3 Å². The van der Waals surface area contributed by atoms with Gasteiger partial charge in [-0.1, -0.05) is 20.8 Å². The molecular weight excluding hydrogens is 389 g/mol. The molecule has 7 heteroatoms. The maximum absolute atomic E-state index is 13.9. The van der Waals surface area contributed by atoms with Crippen LogP contribution in [0.2, 0.25) is 18.1 Å². The molecular formula is C22H28FNO4Si. The van der Waals surface area contributed by atoms with E-state index in [2.05, 4.69) is 33.9 Å². The second-order valence-electron chi connectivity index (χ2n) is 9.05. The first-order valence-corrected chi connectivity index (χ1v) is 12.6. The molecule has 0 N–H and O–H groups in total. The van der Waals surface area contributed by atoms with Gasteiger partial charge < -0.3 is 13.7 Å². The summed E-state index contributed by atoms with van der Waals surface area (Å²) in [5.74, 6) is -0.884. The Morgan fingerprint density at radius 1 is 1.28 bits per heavy atom. The summed E-state index contributed by atoms with van der Waals surface area (Å²) in [5, 5.41) is 0.0610. The van der Waals surface area contributed by atoms with Gasteiger partial charge in [0.1, 0.15) is 5.82 Å². The number of esters is 1. The molecule has 1 aliphatic rings. The van der Waals surface area contributed by atoms with E-state index in [1.807, 2.05) is 4.57 Å². The molecule has 0 unspecified atom stereocenters. The van der Waals surface area contributed by atoms with Crippen molar-refractivity contribution in [2.45, 2.75) is 58.0 Å². The molecule has 0 saturated carbocycles. The number of hydrogen-bond donors (Lipinski definition) is 0. The average molecular weight is 418 g/mol. The number of fused-ring (bicyclic) bond motifs is 1. The lowest BCUT2D eigenvalue weighted by molar-refractivity contribution is 0.0599. The fourth-order valence-corrected chi connectivity index (χ4v) is 4.88. The van der Waals surface area contributed by atoms with Crippen LogP contribution in [0.4, 0.5) is 4.39 Å². The lowest BCUT2D eigenvalue weighted by Gasteiger charge is -2.38.